The number of anilines is 4. The van der Waals surface area contributed by atoms with Gasteiger partial charge in [-0.05, 0) is 80.6 Å². The van der Waals surface area contributed by atoms with E-state index in [1.54, 1.807) is 16.8 Å². The molecule has 0 atom stereocenters. The molecule has 0 spiro atoms. The quantitative estimate of drug-likeness (QED) is 0.222. The zero-order chi connectivity index (χ0) is 36.6. The molecule has 9 rings (SSSR count). The lowest BCUT2D eigenvalue weighted by molar-refractivity contribution is 0.102. The summed E-state index contributed by atoms with van der Waals surface area (Å²) in [5.74, 6) is 4.43. The molecule has 3 aromatic heterocycles. The Bertz CT molecular complexity index is 2280. The normalized spacial score (nSPS) is 18.8. The Morgan fingerprint density at radius 3 is 2.48 bits per heavy atom. The molecule has 2 aromatic carbocycles. The molecular weight excluding hydrogens is 683 g/mol. The number of aromatic nitrogens is 5. The Kier molecular flexibility index (Phi) is 9.08. The third kappa shape index (κ3) is 6.60. The predicted octanol–water partition coefficient (Wildman–Crippen LogP) is 4.28. The summed E-state index contributed by atoms with van der Waals surface area (Å²) < 4.78 is 3.91. The van der Waals surface area contributed by atoms with Crippen LogP contribution in [0.3, 0.4) is 0 Å². The van der Waals surface area contributed by atoms with Gasteiger partial charge in [0.25, 0.3) is 5.91 Å². The first-order valence-electron chi connectivity index (χ1n) is 19.0. The number of carbonyl (C=O) groups is 1. The summed E-state index contributed by atoms with van der Waals surface area (Å²) in [5, 5.41) is 20.3. The fourth-order valence-corrected chi connectivity index (χ4v) is 8.48. The molecule has 0 bridgehead atoms. The van der Waals surface area contributed by atoms with Gasteiger partial charge in [-0.25, -0.2) is 9.59 Å². The monoisotopic (exact) mass is 725 g/mol. The first-order valence-corrected chi connectivity index (χ1v) is 19.0. The highest BCUT2D eigenvalue weighted by molar-refractivity contribution is 6.10. The molecule has 0 unspecified atom stereocenters. The summed E-state index contributed by atoms with van der Waals surface area (Å²) >= 11 is 0. The summed E-state index contributed by atoms with van der Waals surface area (Å²) in [6.07, 6.45) is 11.7. The van der Waals surface area contributed by atoms with E-state index in [1.165, 1.54) is 12.1 Å². The van der Waals surface area contributed by atoms with Crippen molar-refractivity contribution in [2.75, 3.05) is 72.4 Å². The number of hydrogen-bond acceptors (Lipinski definition) is 11. The van der Waals surface area contributed by atoms with Gasteiger partial charge in [0.15, 0.2) is 17.4 Å². The van der Waals surface area contributed by atoms with Crippen LogP contribution in [0, 0.1) is 5.92 Å². The molecule has 0 radical (unpaired) electrons. The Hall–Kier alpha value is -5.94. The topological polar surface area (TPSA) is 136 Å². The number of likely N-dealkylation sites (tertiary alicyclic amines) is 1. The number of pyridine rings is 1. The van der Waals surface area contributed by atoms with Crippen LogP contribution < -0.4 is 25.3 Å². The van der Waals surface area contributed by atoms with E-state index in [2.05, 4.69) is 70.7 Å². The van der Waals surface area contributed by atoms with Crippen LogP contribution in [0.1, 0.15) is 54.9 Å². The molecule has 4 aliphatic rings. The van der Waals surface area contributed by atoms with Crippen molar-refractivity contribution in [3.8, 4) is 0 Å². The van der Waals surface area contributed by atoms with Gasteiger partial charge in [-0.2, -0.15) is 5.10 Å². The highest BCUT2D eigenvalue weighted by Crippen LogP contribution is 2.35. The number of amides is 1. The lowest BCUT2D eigenvalue weighted by Gasteiger charge is -2.44. The third-order valence-corrected chi connectivity index (χ3v) is 11.4. The van der Waals surface area contributed by atoms with Gasteiger partial charge in [-0.3, -0.25) is 13.9 Å². The molecule has 14 nitrogen and oxygen atoms in total. The van der Waals surface area contributed by atoms with E-state index < -0.39 is 0 Å². The summed E-state index contributed by atoms with van der Waals surface area (Å²) in [7, 11) is 0. The predicted molar refractivity (Wildman–Crippen MR) is 207 cm³/mol. The second-order valence-electron chi connectivity index (χ2n) is 14.9. The largest absolute Gasteiger partial charge is 0.371 e. The second kappa shape index (κ2) is 14.5. The molecule has 276 valence electrons. The van der Waals surface area contributed by atoms with Gasteiger partial charge in [-0.1, -0.05) is 0 Å². The van der Waals surface area contributed by atoms with E-state index in [-0.39, 0.29) is 11.7 Å². The molecule has 0 aliphatic carbocycles. The molecule has 54 heavy (non-hydrogen) atoms. The molecule has 0 saturated carbocycles. The van der Waals surface area contributed by atoms with Gasteiger partial charge in [0.05, 0.1) is 28.5 Å². The zero-order valence-electron chi connectivity index (χ0n) is 30.2. The number of nitrogens with zero attached hydrogens (tertiary/aromatic N) is 9. The maximum Gasteiger partial charge on any atom is 0.259 e. The highest BCUT2D eigenvalue weighted by Gasteiger charge is 2.31. The molecule has 14 heteroatoms. The molecule has 5 aromatic rings. The van der Waals surface area contributed by atoms with E-state index in [4.69, 9.17) is 5.10 Å². The maximum atomic E-state index is 13.6. The minimum absolute atomic E-state index is 0.204. The number of nitrogens with one attached hydrogen (secondary N) is 2. The van der Waals surface area contributed by atoms with Crippen molar-refractivity contribution >= 4 is 57.1 Å². The van der Waals surface area contributed by atoms with E-state index in [0.717, 1.165) is 99.5 Å². The van der Waals surface area contributed by atoms with Crippen molar-refractivity contribution in [1.29, 1.82) is 0 Å². The average Bonchev–Trinajstić information content (AvgIpc) is 3.86. The van der Waals surface area contributed by atoms with Crippen LogP contribution in [0.2, 0.25) is 0 Å². The van der Waals surface area contributed by atoms with Gasteiger partial charge in [0, 0.05) is 93.9 Å². The number of piperidine rings is 2. The average molecular weight is 726 g/mol. The van der Waals surface area contributed by atoms with Gasteiger partial charge in [-0.15, -0.1) is 10.2 Å². The minimum atomic E-state index is -0.204. The fraction of sp³-hybridized carbons (Fsp3) is 0.400. The second-order valence-corrected chi connectivity index (χ2v) is 14.9. The molecule has 1 amide bonds. The van der Waals surface area contributed by atoms with Gasteiger partial charge >= 0.3 is 0 Å². The van der Waals surface area contributed by atoms with Gasteiger partial charge < -0.3 is 30.2 Å². The van der Waals surface area contributed by atoms with Crippen LogP contribution >= 0.6 is 0 Å². The van der Waals surface area contributed by atoms with Crippen molar-refractivity contribution in [3.05, 3.63) is 84.3 Å². The number of carbonyl (C=O) groups excluding carboxylic acids is 3. The summed E-state index contributed by atoms with van der Waals surface area (Å²) in [6.45, 7) is 7.66. The molecule has 2 N–H and O–H groups in total. The summed E-state index contributed by atoms with van der Waals surface area (Å²) in [5.41, 5.74) is 6.24. The van der Waals surface area contributed by atoms with Gasteiger partial charge in [0.2, 0.25) is 0 Å². The van der Waals surface area contributed by atoms with Crippen molar-refractivity contribution in [2.24, 2.45) is 5.92 Å². The van der Waals surface area contributed by atoms with Crippen LogP contribution in [0.4, 0.5) is 22.7 Å². The minimum Gasteiger partial charge on any atom is -0.371 e. The van der Waals surface area contributed by atoms with E-state index in [9.17, 15) is 14.4 Å². The van der Waals surface area contributed by atoms with E-state index in [0.29, 0.717) is 41.8 Å². The third-order valence-electron chi connectivity index (χ3n) is 11.4. The lowest BCUT2D eigenvalue weighted by atomic mass is 9.96. The highest BCUT2D eigenvalue weighted by atomic mass is 16.1. The number of hydrogen-bond donors (Lipinski definition) is 2. The number of fused-ring (bicyclic) bond motifs is 2. The lowest BCUT2D eigenvalue weighted by Crippen LogP contribution is -2.52. The van der Waals surface area contributed by atoms with Crippen LogP contribution in [-0.4, -0.2) is 99.4 Å². The van der Waals surface area contributed by atoms with Crippen LogP contribution in [0.5, 0.6) is 0 Å². The van der Waals surface area contributed by atoms with Crippen LogP contribution in [0.25, 0.3) is 16.6 Å². The molecule has 4 aliphatic heterocycles. The molecule has 4 fully saturated rings. The van der Waals surface area contributed by atoms with Gasteiger partial charge in [0.1, 0.15) is 18.0 Å². The van der Waals surface area contributed by atoms with Crippen LogP contribution in [-0.2, 0) is 9.59 Å². The standard InChI is InChI=1S/C40H43N11O3/c52-25-30-10-18-50(38(26-53)42-30)32-8-6-31(7-9-32)49-22-28(23-49)21-46-16-11-33(12-17-46)51-24-29-19-36(37(20-35(29)45-51)47-13-2-1-3-14-47)43-40(54)34-5-4-15-48-27-41-44-39(34)48/h4-9,15,19-20,24,27-28,33,42H,1-3,10-14,16-18,21-23H2,(H,43,54). The Labute approximate surface area is 312 Å². The zero-order valence-corrected chi connectivity index (χ0v) is 30.2. The fourth-order valence-electron chi connectivity index (χ4n) is 8.48. The first kappa shape index (κ1) is 33.9. The first-order chi connectivity index (χ1) is 26.5. The summed E-state index contributed by atoms with van der Waals surface area (Å²) in [6, 6.07) is 16.4. The smallest absolute Gasteiger partial charge is 0.259 e. The van der Waals surface area contributed by atoms with E-state index in [1.807, 2.05) is 41.2 Å². The Morgan fingerprint density at radius 1 is 0.907 bits per heavy atom. The molecule has 4 saturated heterocycles. The number of rotatable bonds is 8. The SMILES string of the molecule is O=C=C1CCN(c2ccc(N3CC(CN4CCC(n5cc6cc(NC(=O)c7cccn8cnnc78)c(N7CCCCC7)cc6n5)CC4)C3)cc2)C(=C=O)N1. The number of benzene rings is 2. The van der Waals surface area contributed by atoms with Crippen molar-refractivity contribution in [3.63, 3.8) is 0 Å². The molecule has 7 heterocycles. The van der Waals surface area contributed by atoms with Crippen LogP contribution in [0.15, 0.2) is 78.8 Å². The van der Waals surface area contributed by atoms with Crippen molar-refractivity contribution in [2.45, 2.75) is 44.6 Å². The Morgan fingerprint density at radius 2 is 1.70 bits per heavy atom. The maximum absolute atomic E-state index is 13.6. The van der Waals surface area contributed by atoms with Crippen molar-refractivity contribution in [1.82, 2.24) is 34.6 Å². The molecular formula is C40H43N11O3. The van der Waals surface area contributed by atoms with Crippen molar-refractivity contribution < 1.29 is 14.4 Å². The summed E-state index contributed by atoms with van der Waals surface area (Å²) in [4.78, 5) is 45.3. The Balaban J connectivity index is 0.818. The van der Waals surface area contributed by atoms with E-state index >= 15 is 0 Å².